The van der Waals surface area contributed by atoms with Gasteiger partial charge in [-0.15, -0.1) is 0 Å². The third kappa shape index (κ3) is 2.80. The number of fused-ring (bicyclic) bond motifs is 1. The Kier molecular flexibility index (Phi) is 3.75. The third-order valence-corrected chi connectivity index (χ3v) is 2.49. The van der Waals surface area contributed by atoms with Crippen molar-refractivity contribution in [3.05, 3.63) is 12.7 Å². The number of carboxylic acid groups (broad SMARTS) is 1. The number of H-pyrrole nitrogens is 1. The molecule has 10 heteroatoms. The lowest BCUT2D eigenvalue weighted by Gasteiger charge is -2.17. The third-order valence-electron chi connectivity index (χ3n) is 2.49. The molecule has 0 radical (unpaired) electrons. The zero-order valence-electron chi connectivity index (χ0n) is 10.4. The summed E-state index contributed by atoms with van der Waals surface area (Å²) in [4.78, 5) is 36.9. The predicted molar refractivity (Wildman–Crippen MR) is 66.9 cm³/mol. The zero-order chi connectivity index (χ0) is 14.7. The molecule has 0 saturated carbocycles. The van der Waals surface area contributed by atoms with Crippen LogP contribution in [0.4, 0.5) is 10.6 Å². The lowest BCUT2D eigenvalue weighted by Crippen LogP contribution is -2.49. The van der Waals surface area contributed by atoms with Crippen LogP contribution in [0.5, 0.6) is 0 Å². The van der Waals surface area contributed by atoms with Crippen LogP contribution < -0.4 is 10.6 Å². The van der Waals surface area contributed by atoms with Gasteiger partial charge in [-0.05, 0) is 6.92 Å². The number of carboxylic acids is 1. The summed E-state index contributed by atoms with van der Waals surface area (Å²) >= 11 is 0. The minimum Gasteiger partial charge on any atom is -0.480 e. The van der Waals surface area contributed by atoms with E-state index < -0.39 is 24.1 Å². The van der Waals surface area contributed by atoms with Gasteiger partial charge in [0.15, 0.2) is 17.5 Å². The van der Waals surface area contributed by atoms with Crippen molar-refractivity contribution >= 4 is 29.0 Å². The maximum atomic E-state index is 11.7. The van der Waals surface area contributed by atoms with Gasteiger partial charge in [0.25, 0.3) is 0 Å². The summed E-state index contributed by atoms with van der Waals surface area (Å²) < 4.78 is 0. The van der Waals surface area contributed by atoms with Crippen LogP contribution in [-0.4, -0.2) is 54.3 Å². The number of aliphatic hydroxyl groups is 1. The fourth-order valence-electron chi connectivity index (χ4n) is 1.53. The smallest absolute Gasteiger partial charge is 0.328 e. The molecule has 0 spiro atoms. The van der Waals surface area contributed by atoms with Crippen molar-refractivity contribution < 1.29 is 19.8 Å². The predicted octanol–water partition coefficient (Wildman–Crippen LogP) is -0.692. The Bertz CT molecular complexity index is 639. The van der Waals surface area contributed by atoms with Gasteiger partial charge in [-0.3, -0.25) is 5.32 Å². The largest absolute Gasteiger partial charge is 0.480 e. The molecule has 2 aromatic rings. The Morgan fingerprint density at radius 1 is 1.35 bits per heavy atom. The molecule has 0 saturated heterocycles. The number of nitrogens with one attached hydrogen (secondary N) is 3. The lowest BCUT2D eigenvalue weighted by molar-refractivity contribution is -0.141. The lowest BCUT2D eigenvalue weighted by atomic mass is 10.2. The number of aliphatic hydroxyl groups excluding tert-OH is 1. The Balaban J connectivity index is 2.12. The van der Waals surface area contributed by atoms with Gasteiger partial charge < -0.3 is 20.5 Å². The van der Waals surface area contributed by atoms with E-state index in [9.17, 15) is 14.7 Å². The molecule has 106 valence electrons. The average molecular weight is 280 g/mol. The SMILES string of the molecule is CC(O)[C@H](NC(=O)Nc1ncnc2nc[nH]c12)C(=O)O. The standard InChI is InChI=1S/C10H12N6O4/c1-4(17)5(9(18)19)15-10(20)16-8-6-7(12-2-11-6)13-3-14-8/h2-5,17H,1H3,(H,18,19)(H3,11,12,13,14,15,16,20)/t4?,5-/m0/s1. The average Bonchev–Trinajstić information content (AvgIpc) is 2.84. The van der Waals surface area contributed by atoms with Crippen LogP contribution >= 0.6 is 0 Å². The first-order chi connectivity index (χ1) is 9.49. The first-order valence-corrected chi connectivity index (χ1v) is 5.61. The number of urea groups is 1. The Morgan fingerprint density at radius 3 is 2.75 bits per heavy atom. The van der Waals surface area contributed by atoms with Crippen molar-refractivity contribution in [1.29, 1.82) is 0 Å². The first-order valence-electron chi connectivity index (χ1n) is 5.61. The van der Waals surface area contributed by atoms with Crippen LogP contribution in [0.2, 0.25) is 0 Å². The number of hydrogen-bond donors (Lipinski definition) is 5. The van der Waals surface area contributed by atoms with Crippen molar-refractivity contribution in [1.82, 2.24) is 25.3 Å². The molecule has 2 heterocycles. The van der Waals surface area contributed by atoms with Gasteiger partial charge in [0.05, 0.1) is 12.4 Å². The molecule has 5 N–H and O–H groups in total. The molecular formula is C10H12N6O4. The van der Waals surface area contributed by atoms with Crippen LogP contribution in [0.25, 0.3) is 11.2 Å². The molecule has 1 unspecified atom stereocenters. The number of amides is 2. The van der Waals surface area contributed by atoms with Crippen molar-refractivity contribution in [2.75, 3.05) is 5.32 Å². The van der Waals surface area contributed by atoms with Crippen molar-refractivity contribution in [3.8, 4) is 0 Å². The molecule has 0 aromatic carbocycles. The van der Waals surface area contributed by atoms with E-state index in [2.05, 4.69) is 30.6 Å². The highest BCUT2D eigenvalue weighted by molar-refractivity contribution is 5.97. The molecule has 10 nitrogen and oxygen atoms in total. The number of aromatic nitrogens is 4. The van der Waals surface area contributed by atoms with E-state index in [0.717, 1.165) is 0 Å². The summed E-state index contributed by atoms with van der Waals surface area (Å²) in [5, 5.41) is 22.6. The second-order valence-electron chi connectivity index (χ2n) is 3.98. The zero-order valence-corrected chi connectivity index (χ0v) is 10.4. The minimum atomic E-state index is -1.42. The van der Waals surface area contributed by atoms with Crippen LogP contribution in [0.1, 0.15) is 6.92 Å². The van der Waals surface area contributed by atoms with Gasteiger partial charge in [-0.2, -0.15) is 0 Å². The number of aromatic amines is 1. The fourth-order valence-corrected chi connectivity index (χ4v) is 1.53. The summed E-state index contributed by atoms with van der Waals surface area (Å²) in [7, 11) is 0. The summed E-state index contributed by atoms with van der Waals surface area (Å²) in [6.45, 7) is 1.26. The highest BCUT2D eigenvalue weighted by atomic mass is 16.4. The number of carbonyl (C=O) groups excluding carboxylic acids is 1. The van der Waals surface area contributed by atoms with E-state index in [4.69, 9.17) is 5.11 Å². The molecule has 2 rings (SSSR count). The maximum absolute atomic E-state index is 11.7. The van der Waals surface area contributed by atoms with E-state index in [1.165, 1.54) is 19.6 Å². The Hall–Kier alpha value is -2.75. The molecule has 2 atom stereocenters. The van der Waals surface area contributed by atoms with Gasteiger partial charge in [0, 0.05) is 0 Å². The van der Waals surface area contributed by atoms with Gasteiger partial charge in [-0.1, -0.05) is 0 Å². The molecule has 0 aliphatic carbocycles. The van der Waals surface area contributed by atoms with E-state index in [1.807, 2.05) is 0 Å². The number of nitrogens with zero attached hydrogens (tertiary/aromatic N) is 3. The van der Waals surface area contributed by atoms with Gasteiger partial charge in [0.1, 0.15) is 11.8 Å². The molecular weight excluding hydrogens is 268 g/mol. The second kappa shape index (κ2) is 5.48. The molecule has 0 aliphatic rings. The Morgan fingerprint density at radius 2 is 2.10 bits per heavy atom. The van der Waals surface area contributed by atoms with Crippen molar-refractivity contribution in [2.24, 2.45) is 0 Å². The van der Waals surface area contributed by atoms with Crippen LogP contribution in [0, 0.1) is 0 Å². The van der Waals surface area contributed by atoms with Gasteiger partial charge in [-0.25, -0.2) is 24.5 Å². The normalized spacial score (nSPS) is 13.7. The van der Waals surface area contributed by atoms with Crippen molar-refractivity contribution in [3.63, 3.8) is 0 Å². The topological polar surface area (TPSA) is 153 Å². The summed E-state index contributed by atoms with van der Waals surface area (Å²) in [5.41, 5.74) is 0.771. The number of imidazole rings is 1. The van der Waals surface area contributed by atoms with Crippen LogP contribution in [0.3, 0.4) is 0 Å². The van der Waals surface area contributed by atoms with E-state index in [1.54, 1.807) is 0 Å². The van der Waals surface area contributed by atoms with Crippen LogP contribution in [-0.2, 0) is 4.79 Å². The maximum Gasteiger partial charge on any atom is 0.328 e. The summed E-state index contributed by atoms with van der Waals surface area (Å²) in [6.07, 6.45) is 1.36. The molecule has 2 amide bonds. The molecule has 20 heavy (non-hydrogen) atoms. The Labute approximate surface area is 112 Å². The van der Waals surface area contributed by atoms with E-state index >= 15 is 0 Å². The van der Waals surface area contributed by atoms with Crippen LogP contribution in [0.15, 0.2) is 12.7 Å². The van der Waals surface area contributed by atoms with E-state index in [-0.39, 0.29) is 5.82 Å². The number of rotatable bonds is 4. The van der Waals surface area contributed by atoms with E-state index in [0.29, 0.717) is 11.2 Å². The highest BCUT2D eigenvalue weighted by Gasteiger charge is 2.25. The molecule has 0 aliphatic heterocycles. The monoisotopic (exact) mass is 280 g/mol. The molecule has 0 fully saturated rings. The summed E-state index contributed by atoms with van der Waals surface area (Å²) in [6, 6.07) is -2.23. The van der Waals surface area contributed by atoms with Gasteiger partial charge in [0.2, 0.25) is 0 Å². The first kappa shape index (κ1) is 13.7. The number of aliphatic carboxylic acids is 1. The number of hydrogen-bond acceptors (Lipinski definition) is 6. The second-order valence-corrected chi connectivity index (χ2v) is 3.98. The quantitative estimate of drug-likeness (QED) is 0.496. The fraction of sp³-hybridized carbons (Fsp3) is 0.300. The minimum absolute atomic E-state index is 0.153. The number of carbonyl (C=O) groups is 2. The van der Waals surface area contributed by atoms with Gasteiger partial charge >= 0.3 is 12.0 Å². The molecule has 0 bridgehead atoms. The number of anilines is 1. The summed E-state index contributed by atoms with van der Waals surface area (Å²) in [5.74, 6) is -1.19. The highest BCUT2D eigenvalue weighted by Crippen LogP contribution is 2.13. The van der Waals surface area contributed by atoms with Crippen molar-refractivity contribution in [2.45, 2.75) is 19.1 Å². The molecule has 2 aromatic heterocycles.